The summed E-state index contributed by atoms with van der Waals surface area (Å²) in [7, 11) is 0. The number of aryl methyl sites for hydroxylation is 1. The second kappa shape index (κ2) is 7.31. The molecule has 2 aromatic rings. The maximum absolute atomic E-state index is 12.3. The van der Waals surface area contributed by atoms with E-state index in [-0.39, 0.29) is 6.04 Å². The number of benzene rings is 1. The zero-order chi connectivity index (χ0) is 18.0. The average molecular weight is 358 g/mol. The molecule has 0 radical (unpaired) electrons. The zero-order valence-electron chi connectivity index (χ0n) is 14.6. The van der Waals surface area contributed by atoms with E-state index in [0.29, 0.717) is 5.82 Å². The molecule has 1 aromatic heterocycles. The topological polar surface area (TPSA) is 76.0 Å². The van der Waals surface area contributed by atoms with Crippen molar-refractivity contribution in [3.05, 3.63) is 41.1 Å². The number of fused-ring (bicyclic) bond motifs is 1. The number of rotatable bonds is 4. The Morgan fingerprint density at radius 1 is 1.32 bits per heavy atom. The molecule has 2 N–H and O–H groups in total. The van der Waals surface area contributed by atoms with E-state index < -0.39 is 11.8 Å². The first-order valence-corrected chi connectivity index (χ1v) is 9.52. The van der Waals surface area contributed by atoms with E-state index in [4.69, 9.17) is 0 Å². The standard InChI is InChI=1S/C18H22N4O2S/c1-4-12(3)19-17(23)18(24)20-16-14-9-25-10-15(14)21-22(16)13-7-5-6-11(2)8-13/h5-8,12H,4,9-10H2,1-3H3,(H,19,23)(H,20,24)/t12-/m1/s1. The fourth-order valence-electron chi connectivity index (χ4n) is 2.64. The Bertz CT molecular complexity index is 815. The molecule has 1 aromatic carbocycles. The molecular weight excluding hydrogens is 336 g/mol. The third-order valence-corrected chi connectivity index (χ3v) is 5.20. The van der Waals surface area contributed by atoms with Gasteiger partial charge < -0.3 is 10.6 Å². The third-order valence-electron chi connectivity index (χ3n) is 4.23. The first-order chi connectivity index (χ1) is 12.0. The van der Waals surface area contributed by atoms with E-state index in [9.17, 15) is 9.59 Å². The van der Waals surface area contributed by atoms with Crippen LogP contribution in [0.25, 0.3) is 5.69 Å². The highest BCUT2D eigenvalue weighted by Crippen LogP contribution is 2.36. The molecule has 3 rings (SSSR count). The maximum Gasteiger partial charge on any atom is 0.314 e. The van der Waals surface area contributed by atoms with E-state index >= 15 is 0 Å². The van der Waals surface area contributed by atoms with Gasteiger partial charge in [0.1, 0.15) is 5.82 Å². The van der Waals surface area contributed by atoms with Gasteiger partial charge in [-0.15, -0.1) is 0 Å². The molecule has 7 heteroatoms. The molecular formula is C18H22N4O2S. The van der Waals surface area contributed by atoms with Crippen molar-refractivity contribution in [2.75, 3.05) is 5.32 Å². The highest BCUT2D eigenvalue weighted by Gasteiger charge is 2.26. The molecule has 0 saturated heterocycles. The lowest BCUT2D eigenvalue weighted by Gasteiger charge is -2.13. The van der Waals surface area contributed by atoms with Gasteiger partial charge in [0.2, 0.25) is 0 Å². The highest BCUT2D eigenvalue weighted by molar-refractivity contribution is 7.98. The second-order valence-corrected chi connectivity index (χ2v) is 7.24. The Labute approximate surface area is 151 Å². The quantitative estimate of drug-likeness (QED) is 0.824. The molecule has 0 saturated carbocycles. The van der Waals surface area contributed by atoms with E-state index in [1.165, 1.54) is 0 Å². The summed E-state index contributed by atoms with van der Waals surface area (Å²) in [4.78, 5) is 24.4. The predicted molar refractivity (Wildman–Crippen MR) is 99.8 cm³/mol. The summed E-state index contributed by atoms with van der Waals surface area (Å²) in [6.45, 7) is 5.84. The molecule has 0 unspecified atom stereocenters. The molecule has 25 heavy (non-hydrogen) atoms. The Hall–Kier alpha value is -2.28. The van der Waals surface area contributed by atoms with E-state index in [1.54, 1.807) is 16.4 Å². The summed E-state index contributed by atoms with van der Waals surface area (Å²) in [6, 6.07) is 7.87. The average Bonchev–Trinajstić information content (AvgIpc) is 3.17. The molecule has 0 spiro atoms. The van der Waals surface area contributed by atoms with Crippen molar-refractivity contribution in [1.82, 2.24) is 15.1 Å². The van der Waals surface area contributed by atoms with Crippen LogP contribution in [-0.2, 0) is 21.1 Å². The molecule has 132 valence electrons. The summed E-state index contributed by atoms with van der Waals surface area (Å²) >= 11 is 1.75. The van der Waals surface area contributed by atoms with Crippen LogP contribution in [0, 0.1) is 6.92 Å². The van der Waals surface area contributed by atoms with Gasteiger partial charge >= 0.3 is 11.8 Å². The molecule has 0 bridgehead atoms. The highest BCUT2D eigenvalue weighted by atomic mass is 32.2. The minimum absolute atomic E-state index is 0.0406. The van der Waals surface area contributed by atoms with E-state index in [0.717, 1.165) is 40.4 Å². The van der Waals surface area contributed by atoms with Crippen LogP contribution >= 0.6 is 11.8 Å². The number of amides is 2. The molecule has 2 amide bonds. The summed E-state index contributed by atoms with van der Waals surface area (Å²) in [5, 5.41) is 10.1. The summed E-state index contributed by atoms with van der Waals surface area (Å²) in [6.07, 6.45) is 0.770. The number of nitrogens with one attached hydrogen (secondary N) is 2. The lowest BCUT2D eigenvalue weighted by Crippen LogP contribution is -2.40. The Morgan fingerprint density at radius 3 is 2.84 bits per heavy atom. The normalized spacial score (nSPS) is 14.0. The number of carbonyl (C=O) groups excluding carboxylic acids is 2. The third kappa shape index (κ3) is 3.71. The molecule has 1 atom stereocenters. The minimum atomic E-state index is -0.659. The van der Waals surface area contributed by atoms with Gasteiger partial charge in [0.15, 0.2) is 0 Å². The Morgan fingerprint density at radius 2 is 2.12 bits per heavy atom. The van der Waals surface area contributed by atoms with Crippen LogP contribution in [0.5, 0.6) is 0 Å². The fourth-order valence-corrected chi connectivity index (χ4v) is 3.68. The van der Waals surface area contributed by atoms with Crippen LogP contribution in [0.2, 0.25) is 0 Å². The summed E-state index contributed by atoms with van der Waals surface area (Å²) in [5.74, 6) is 0.911. The smallest absolute Gasteiger partial charge is 0.314 e. The van der Waals surface area contributed by atoms with Crippen molar-refractivity contribution in [2.24, 2.45) is 0 Å². The van der Waals surface area contributed by atoms with Crippen LogP contribution in [0.3, 0.4) is 0 Å². The van der Waals surface area contributed by atoms with Gasteiger partial charge in [0, 0.05) is 23.1 Å². The second-order valence-electron chi connectivity index (χ2n) is 6.25. The molecule has 0 fully saturated rings. The molecule has 2 heterocycles. The zero-order valence-corrected chi connectivity index (χ0v) is 15.4. The van der Waals surface area contributed by atoms with Crippen molar-refractivity contribution in [1.29, 1.82) is 0 Å². The monoisotopic (exact) mass is 358 g/mol. The van der Waals surface area contributed by atoms with Crippen LogP contribution in [0.1, 0.15) is 37.1 Å². The first-order valence-electron chi connectivity index (χ1n) is 8.37. The fraction of sp³-hybridized carbons (Fsp3) is 0.389. The minimum Gasteiger partial charge on any atom is -0.345 e. The first kappa shape index (κ1) is 17.5. The maximum atomic E-state index is 12.3. The van der Waals surface area contributed by atoms with Gasteiger partial charge in [0.25, 0.3) is 0 Å². The van der Waals surface area contributed by atoms with Gasteiger partial charge in [-0.05, 0) is 38.0 Å². The van der Waals surface area contributed by atoms with Crippen LogP contribution < -0.4 is 10.6 Å². The Balaban J connectivity index is 1.90. The number of thioether (sulfide) groups is 1. The molecule has 1 aliphatic heterocycles. The van der Waals surface area contributed by atoms with Crippen molar-refractivity contribution in [3.8, 4) is 5.69 Å². The van der Waals surface area contributed by atoms with Gasteiger partial charge in [-0.3, -0.25) is 9.59 Å². The van der Waals surface area contributed by atoms with Crippen molar-refractivity contribution in [2.45, 2.75) is 44.7 Å². The number of nitrogens with zero attached hydrogens (tertiary/aromatic N) is 2. The Kier molecular flexibility index (Phi) is 5.13. The number of hydrogen-bond acceptors (Lipinski definition) is 4. The van der Waals surface area contributed by atoms with E-state index in [2.05, 4.69) is 15.7 Å². The van der Waals surface area contributed by atoms with Crippen molar-refractivity contribution < 1.29 is 9.59 Å². The number of aromatic nitrogens is 2. The molecule has 6 nitrogen and oxygen atoms in total. The molecule has 0 aliphatic carbocycles. The number of anilines is 1. The van der Waals surface area contributed by atoms with Gasteiger partial charge in [0.05, 0.1) is 11.4 Å². The van der Waals surface area contributed by atoms with Crippen LogP contribution in [0.4, 0.5) is 5.82 Å². The van der Waals surface area contributed by atoms with Crippen molar-refractivity contribution >= 4 is 29.4 Å². The number of carbonyl (C=O) groups is 2. The lowest BCUT2D eigenvalue weighted by atomic mass is 10.2. The predicted octanol–water partition coefficient (Wildman–Crippen LogP) is 2.78. The number of hydrogen-bond donors (Lipinski definition) is 2. The summed E-state index contributed by atoms with van der Waals surface area (Å²) < 4.78 is 1.73. The van der Waals surface area contributed by atoms with E-state index in [1.807, 2.05) is 45.0 Å². The van der Waals surface area contributed by atoms with Crippen LogP contribution in [-0.4, -0.2) is 27.6 Å². The summed E-state index contributed by atoms with van der Waals surface area (Å²) in [5.41, 5.74) is 3.94. The van der Waals surface area contributed by atoms with Crippen molar-refractivity contribution in [3.63, 3.8) is 0 Å². The lowest BCUT2D eigenvalue weighted by molar-refractivity contribution is -0.136. The van der Waals surface area contributed by atoms with Crippen LogP contribution in [0.15, 0.2) is 24.3 Å². The SMILES string of the molecule is CC[C@@H](C)NC(=O)C(=O)Nc1c2c(nn1-c1cccc(C)c1)CSC2. The molecule has 1 aliphatic rings. The van der Waals surface area contributed by atoms with Gasteiger partial charge in [-0.2, -0.15) is 16.9 Å². The van der Waals surface area contributed by atoms with Gasteiger partial charge in [-0.25, -0.2) is 4.68 Å². The largest absolute Gasteiger partial charge is 0.345 e. The van der Waals surface area contributed by atoms with Gasteiger partial charge in [-0.1, -0.05) is 19.1 Å².